The molecule has 0 aromatic heterocycles. The van der Waals surface area contributed by atoms with Crippen molar-refractivity contribution in [1.82, 2.24) is 0 Å². The predicted octanol–water partition coefficient (Wildman–Crippen LogP) is 4.32. The molecule has 0 heterocycles. The molecule has 2 aromatic carbocycles. The quantitative estimate of drug-likeness (QED) is 0.145. The molecule has 3 rings (SSSR count). The van der Waals surface area contributed by atoms with Gasteiger partial charge in [0.25, 0.3) is 0 Å². The van der Waals surface area contributed by atoms with Gasteiger partial charge in [0.15, 0.2) is 11.5 Å². The monoisotopic (exact) mass is 510 g/mol. The zero-order valence-corrected chi connectivity index (χ0v) is 23.8. The molecular formula is C26H35N2NaO5S. The number of hydrogen-bond donors (Lipinski definition) is 0. The van der Waals surface area contributed by atoms with Gasteiger partial charge in [0.2, 0.25) is 0 Å². The summed E-state index contributed by atoms with van der Waals surface area (Å²) in [5.74, 6) is 2.02. The average molecular weight is 511 g/mol. The zero-order valence-electron chi connectivity index (χ0n) is 20.9. The normalized spacial score (nSPS) is 13.5. The van der Waals surface area contributed by atoms with Crippen molar-refractivity contribution < 1.29 is 52.0 Å². The van der Waals surface area contributed by atoms with Crippen LogP contribution in [-0.4, -0.2) is 26.2 Å². The Bertz CT molecular complexity index is 1020. The molecule has 1 aliphatic carbocycles. The van der Waals surface area contributed by atoms with E-state index in [1.807, 2.05) is 18.2 Å². The standard InChI is InChI=1S/C26H36N2O5S.Na/c1-2-3-4-5-6-7-8-9-18-32-26-19-23(14-17-25(26)33-20-21-10-11-21)28-27-22-12-15-24(16-13-22)34(29,30)31;/h12-17,19,21H,2-11,18,20H2,1H3,(H,29,30,31);/q;+1/p-1. The second-order valence-corrected chi connectivity index (χ2v) is 10.2. The van der Waals surface area contributed by atoms with Crippen LogP contribution in [0.15, 0.2) is 57.6 Å². The second kappa shape index (κ2) is 15.6. The number of unbranched alkanes of at least 4 members (excludes halogenated alkanes) is 7. The number of rotatable bonds is 16. The third-order valence-electron chi connectivity index (χ3n) is 5.76. The first-order valence-electron chi connectivity index (χ1n) is 12.3. The number of benzene rings is 2. The van der Waals surface area contributed by atoms with Crippen molar-refractivity contribution in [2.24, 2.45) is 16.1 Å². The molecule has 0 amide bonds. The summed E-state index contributed by atoms with van der Waals surface area (Å²) < 4.78 is 45.2. The van der Waals surface area contributed by atoms with E-state index in [9.17, 15) is 13.0 Å². The van der Waals surface area contributed by atoms with Crippen LogP contribution in [0.4, 0.5) is 11.4 Å². The molecule has 7 nitrogen and oxygen atoms in total. The molecule has 0 spiro atoms. The van der Waals surface area contributed by atoms with Gasteiger partial charge in [-0.15, -0.1) is 0 Å². The van der Waals surface area contributed by atoms with Gasteiger partial charge in [0, 0.05) is 6.07 Å². The van der Waals surface area contributed by atoms with Crippen LogP contribution in [0, 0.1) is 5.92 Å². The number of nitrogens with zero attached hydrogens (tertiary/aromatic N) is 2. The van der Waals surface area contributed by atoms with Gasteiger partial charge < -0.3 is 14.0 Å². The van der Waals surface area contributed by atoms with E-state index in [4.69, 9.17) is 9.47 Å². The molecule has 0 bridgehead atoms. The van der Waals surface area contributed by atoms with Crippen molar-refractivity contribution >= 4 is 21.5 Å². The molecule has 186 valence electrons. The maximum Gasteiger partial charge on any atom is 1.00 e. The minimum atomic E-state index is -4.48. The molecule has 0 unspecified atom stereocenters. The summed E-state index contributed by atoms with van der Waals surface area (Å²) in [7, 11) is -4.48. The first-order valence-corrected chi connectivity index (χ1v) is 13.7. The average Bonchev–Trinajstić information content (AvgIpc) is 3.65. The maximum atomic E-state index is 11.1. The Kier molecular flexibility index (Phi) is 13.3. The van der Waals surface area contributed by atoms with E-state index < -0.39 is 10.1 Å². The van der Waals surface area contributed by atoms with Crippen molar-refractivity contribution in [1.29, 1.82) is 0 Å². The number of ether oxygens (including phenoxy) is 2. The summed E-state index contributed by atoms with van der Waals surface area (Å²) >= 11 is 0. The summed E-state index contributed by atoms with van der Waals surface area (Å²) in [5, 5.41) is 8.37. The summed E-state index contributed by atoms with van der Waals surface area (Å²) in [6.45, 7) is 3.56. The Morgan fingerprint density at radius 3 is 2.06 bits per heavy atom. The van der Waals surface area contributed by atoms with Gasteiger partial charge >= 0.3 is 29.6 Å². The van der Waals surface area contributed by atoms with Gasteiger partial charge in [0.05, 0.1) is 29.5 Å². The fourth-order valence-corrected chi connectivity index (χ4v) is 3.97. The molecule has 0 atom stereocenters. The molecule has 0 N–H and O–H groups in total. The number of azo groups is 1. The fraction of sp³-hybridized carbons (Fsp3) is 0.538. The van der Waals surface area contributed by atoms with Crippen LogP contribution in [0.1, 0.15) is 71.1 Å². The van der Waals surface area contributed by atoms with Crippen LogP contribution in [0.2, 0.25) is 0 Å². The molecule has 1 aliphatic rings. The minimum absolute atomic E-state index is 0. The van der Waals surface area contributed by atoms with Crippen LogP contribution in [0.25, 0.3) is 0 Å². The molecule has 35 heavy (non-hydrogen) atoms. The smallest absolute Gasteiger partial charge is 0.744 e. The Morgan fingerprint density at radius 2 is 1.43 bits per heavy atom. The van der Waals surface area contributed by atoms with Gasteiger partial charge in [0.1, 0.15) is 10.1 Å². The molecule has 1 saturated carbocycles. The van der Waals surface area contributed by atoms with E-state index >= 15 is 0 Å². The molecule has 9 heteroatoms. The van der Waals surface area contributed by atoms with Crippen molar-refractivity contribution in [3.05, 3.63) is 42.5 Å². The van der Waals surface area contributed by atoms with E-state index in [-0.39, 0.29) is 34.5 Å². The molecular weight excluding hydrogens is 475 g/mol. The van der Waals surface area contributed by atoms with Crippen molar-refractivity contribution in [2.75, 3.05) is 13.2 Å². The largest absolute Gasteiger partial charge is 1.00 e. The van der Waals surface area contributed by atoms with E-state index in [1.165, 1.54) is 75.6 Å². The van der Waals surface area contributed by atoms with Gasteiger partial charge in [-0.05, 0) is 61.6 Å². The van der Waals surface area contributed by atoms with Crippen LogP contribution >= 0.6 is 0 Å². The van der Waals surface area contributed by atoms with Crippen molar-refractivity contribution in [2.45, 2.75) is 76.0 Å². The fourth-order valence-electron chi connectivity index (χ4n) is 3.50. The summed E-state index contributed by atoms with van der Waals surface area (Å²) in [6.07, 6.45) is 12.3. The van der Waals surface area contributed by atoms with Crippen molar-refractivity contribution in [3.63, 3.8) is 0 Å². The summed E-state index contributed by atoms with van der Waals surface area (Å²) in [4.78, 5) is -0.291. The van der Waals surface area contributed by atoms with Crippen LogP contribution in [0.3, 0.4) is 0 Å². The maximum absolute atomic E-state index is 11.1. The molecule has 0 saturated heterocycles. The SMILES string of the molecule is CCCCCCCCCCOc1cc(N=Nc2ccc(S(=O)(=O)[O-])cc2)ccc1OCC1CC1.[Na+]. The molecule has 0 aliphatic heterocycles. The number of hydrogen-bond acceptors (Lipinski definition) is 7. The first-order chi connectivity index (χ1) is 16.5. The van der Waals surface area contributed by atoms with Crippen LogP contribution < -0.4 is 39.0 Å². The third kappa shape index (κ3) is 11.4. The Hall–Kier alpha value is -1.45. The van der Waals surface area contributed by atoms with Gasteiger partial charge in [-0.25, -0.2) is 8.42 Å². The first kappa shape index (κ1) is 29.8. The zero-order chi connectivity index (χ0) is 24.2. The topological polar surface area (TPSA) is 100 Å². The molecule has 0 radical (unpaired) electrons. The predicted molar refractivity (Wildman–Crippen MR) is 131 cm³/mol. The van der Waals surface area contributed by atoms with Gasteiger partial charge in [-0.3, -0.25) is 0 Å². The van der Waals surface area contributed by atoms with Crippen molar-refractivity contribution in [3.8, 4) is 11.5 Å². The second-order valence-electron chi connectivity index (χ2n) is 8.86. The minimum Gasteiger partial charge on any atom is -0.744 e. The molecule has 1 fully saturated rings. The van der Waals surface area contributed by atoms with Gasteiger partial charge in [-0.2, -0.15) is 10.2 Å². The summed E-state index contributed by atoms with van der Waals surface area (Å²) in [5.41, 5.74) is 1.05. The van der Waals surface area contributed by atoms with Gasteiger partial charge in [-0.1, -0.05) is 51.9 Å². The Labute approximate surface area is 231 Å². The van der Waals surface area contributed by atoms with E-state index in [2.05, 4.69) is 17.2 Å². The van der Waals surface area contributed by atoms with Crippen LogP contribution in [0.5, 0.6) is 11.5 Å². The molecule has 2 aromatic rings. The van der Waals surface area contributed by atoms with E-state index in [0.29, 0.717) is 36.3 Å². The summed E-state index contributed by atoms with van der Waals surface area (Å²) in [6, 6.07) is 10.8. The Balaban J connectivity index is 0.00000432. The van der Waals surface area contributed by atoms with E-state index in [0.717, 1.165) is 18.6 Å². The van der Waals surface area contributed by atoms with Crippen LogP contribution in [-0.2, 0) is 10.1 Å². The van der Waals surface area contributed by atoms with E-state index in [1.54, 1.807) is 0 Å². The Morgan fingerprint density at radius 1 is 0.829 bits per heavy atom. The third-order valence-corrected chi connectivity index (χ3v) is 6.61.